The van der Waals surface area contributed by atoms with Crippen molar-refractivity contribution in [2.75, 3.05) is 19.5 Å². The standard InChI is InChI=1S/C22H19N5O6S2/c1-31-14-8-3-11(9-15(14)32-2)16-17-19(28)24-10-25-20(17)33-21-18(16)34-22(27-21)26-12-4-6-13(7-5-12)35(23,29)30/h3-10,16H,1-2H3,(H,26,27)(H2,23,29,30)(H,24,25,28). The van der Waals surface area contributed by atoms with Gasteiger partial charge < -0.3 is 24.5 Å². The van der Waals surface area contributed by atoms with Crippen LogP contribution in [-0.2, 0) is 10.0 Å². The van der Waals surface area contributed by atoms with Crippen LogP contribution in [0.3, 0.4) is 0 Å². The molecule has 2 aromatic carbocycles. The summed E-state index contributed by atoms with van der Waals surface area (Å²) in [5.74, 6) is 1.01. The number of sulfonamides is 1. The van der Waals surface area contributed by atoms with Gasteiger partial charge >= 0.3 is 0 Å². The number of aromatic amines is 1. The summed E-state index contributed by atoms with van der Waals surface area (Å²) in [4.78, 5) is 24.9. The van der Waals surface area contributed by atoms with Crippen LogP contribution < -0.4 is 30.2 Å². The summed E-state index contributed by atoms with van der Waals surface area (Å²) in [6.07, 6.45) is 1.27. The molecular weight excluding hydrogens is 494 g/mol. The van der Waals surface area contributed by atoms with Crippen molar-refractivity contribution >= 4 is 32.2 Å². The minimum atomic E-state index is -3.80. The predicted octanol–water partition coefficient (Wildman–Crippen LogP) is 2.92. The van der Waals surface area contributed by atoms with Gasteiger partial charge in [-0.1, -0.05) is 17.4 Å². The fourth-order valence-electron chi connectivity index (χ4n) is 3.78. The van der Waals surface area contributed by atoms with Gasteiger partial charge in [-0.25, -0.2) is 18.5 Å². The van der Waals surface area contributed by atoms with Gasteiger partial charge in [0.15, 0.2) is 16.6 Å². The van der Waals surface area contributed by atoms with Crippen molar-refractivity contribution in [3.63, 3.8) is 0 Å². The molecule has 1 aliphatic heterocycles. The SMILES string of the molecule is COc1ccc(C2c3sc(Nc4ccc(S(N)(=O)=O)cc4)nc3Oc3nc[nH]c(=O)c32)cc1OC. The number of nitrogens with zero attached hydrogens (tertiary/aromatic N) is 2. The van der Waals surface area contributed by atoms with Crippen molar-refractivity contribution < 1.29 is 22.6 Å². The van der Waals surface area contributed by atoms with Gasteiger partial charge in [0.25, 0.3) is 5.56 Å². The zero-order valence-electron chi connectivity index (χ0n) is 18.4. The van der Waals surface area contributed by atoms with E-state index >= 15 is 0 Å². The number of nitrogens with two attached hydrogens (primary N) is 1. The van der Waals surface area contributed by atoms with Crippen molar-refractivity contribution in [1.29, 1.82) is 0 Å². The van der Waals surface area contributed by atoms with Crippen molar-refractivity contribution in [3.05, 3.63) is 75.1 Å². The lowest BCUT2D eigenvalue weighted by molar-refractivity contribution is 0.354. The molecule has 2 aromatic heterocycles. The Morgan fingerprint density at radius 3 is 2.51 bits per heavy atom. The molecule has 4 N–H and O–H groups in total. The second-order valence-corrected chi connectivity index (χ2v) is 10.1. The lowest BCUT2D eigenvalue weighted by atomic mass is 9.90. The highest BCUT2D eigenvalue weighted by Gasteiger charge is 2.36. The molecule has 0 saturated heterocycles. The van der Waals surface area contributed by atoms with Crippen molar-refractivity contribution in [2.45, 2.75) is 10.8 Å². The topological polar surface area (TPSA) is 159 Å². The summed E-state index contributed by atoms with van der Waals surface area (Å²) in [5.41, 5.74) is 1.38. The fraction of sp³-hybridized carbons (Fsp3) is 0.136. The molecule has 0 fully saturated rings. The third kappa shape index (κ3) is 4.20. The van der Waals surface area contributed by atoms with Crippen LogP contribution in [0.5, 0.6) is 23.3 Å². The van der Waals surface area contributed by atoms with Crippen LogP contribution >= 0.6 is 11.3 Å². The molecule has 0 amide bonds. The molecule has 0 radical (unpaired) electrons. The largest absolute Gasteiger partial charge is 0.493 e. The molecule has 3 heterocycles. The maximum absolute atomic E-state index is 12.8. The number of hydrogen-bond acceptors (Lipinski definition) is 10. The first-order valence-electron chi connectivity index (χ1n) is 10.2. The monoisotopic (exact) mass is 513 g/mol. The lowest BCUT2D eigenvalue weighted by Gasteiger charge is -2.23. The third-order valence-corrected chi connectivity index (χ3v) is 7.34. The highest BCUT2D eigenvalue weighted by Crippen LogP contribution is 2.49. The summed E-state index contributed by atoms with van der Waals surface area (Å²) in [6.45, 7) is 0. The molecule has 1 aliphatic rings. The Balaban J connectivity index is 1.58. The normalized spacial score (nSPS) is 14.4. The Kier molecular flexibility index (Phi) is 5.67. The van der Waals surface area contributed by atoms with Crippen LogP contribution in [0.15, 0.2) is 58.5 Å². The summed E-state index contributed by atoms with van der Waals surface area (Å²) in [6, 6.07) is 11.4. The van der Waals surface area contributed by atoms with E-state index in [4.69, 9.17) is 19.3 Å². The van der Waals surface area contributed by atoms with Gasteiger partial charge in [0.05, 0.1) is 41.8 Å². The van der Waals surface area contributed by atoms with Crippen LogP contribution in [0.4, 0.5) is 10.8 Å². The van der Waals surface area contributed by atoms with Crippen LogP contribution in [0.25, 0.3) is 0 Å². The molecule has 0 aliphatic carbocycles. The van der Waals surface area contributed by atoms with Crippen LogP contribution in [0, 0.1) is 0 Å². The summed E-state index contributed by atoms with van der Waals surface area (Å²) < 4.78 is 39.7. The highest BCUT2D eigenvalue weighted by molar-refractivity contribution is 7.89. The molecule has 0 bridgehead atoms. The number of nitrogens with one attached hydrogen (secondary N) is 2. The average Bonchev–Trinajstić information content (AvgIpc) is 3.24. The van der Waals surface area contributed by atoms with Gasteiger partial charge in [-0.2, -0.15) is 4.98 Å². The lowest BCUT2D eigenvalue weighted by Crippen LogP contribution is -2.22. The second kappa shape index (κ2) is 8.69. The number of hydrogen-bond donors (Lipinski definition) is 3. The Bertz CT molecular complexity index is 1580. The molecule has 4 aromatic rings. The summed E-state index contributed by atoms with van der Waals surface area (Å²) >= 11 is 1.30. The average molecular weight is 514 g/mol. The van der Waals surface area contributed by atoms with Gasteiger partial charge in [-0.05, 0) is 42.0 Å². The maximum atomic E-state index is 12.8. The number of ether oxygens (including phenoxy) is 3. The van der Waals surface area contributed by atoms with E-state index in [0.29, 0.717) is 38.6 Å². The molecular formula is C22H19N5O6S2. The van der Waals surface area contributed by atoms with Gasteiger partial charge in [0, 0.05) is 5.69 Å². The van der Waals surface area contributed by atoms with Gasteiger partial charge in [0.2, 0.25) is 21.8 Å². The van der Waals surface area contributed by atoms with Gasteiger partial charge in [-0.3, -0.25) is 4.79 Å². The molecule has 180 valence electrons. The first-order valence-corrected chi connectivity index (χ1v) is 12.5. The van der Waals surface area contributed by atoms with Crippen LogP contribution in [-0.4, -0.2) is 37.6 Å². The van der Waals surface area contributed by atoms with Gasteiger partial charge in [0.1, 0.15) is 0 Å². The zero-order valence-corrected chi connectivity index (χ0v) is 20.1. The number of H-pyrrole nitrogens is 1. The predicted molar refractivity (Wildman–Crippen MR) is 129 cm³/mol. The Labute approximate surface area is 203 Å². The number of aromatic nitrogens is 3. The van der Waals surface area contributed by atoms with E-state index in [9.17, 15) is 13.2 Å². The van der Waals surface area contributed by atoms with E-state index in [-0.39, 0.29) is 16.3 Å². The van der Waals surface area contributed by atoms with Crippen LogP contribution in [0.2, 0.25) is 0 Å². The van der Waals surface area contributed by atoms with E-state index in [2.05, 4.69) is 20.3 Å². The van der Waals surface area contributed by atoms with E-state index in [1.807, 2.05) is 6.07 Å². The van der Waals surface area contributed by atoms with E-state index in [1.54, 1.807) is 31.4 Å². The first-order chi connectivity index (χ1) is 16.8. The fourth-order valence-corrected chi connectivity index (χ4v) is 5.35. The highest BCUT2D eigenvalue weighted by atomic mass is 32.2. The molecule has 35 heavy (non-hydrogen) atoms. The third-order valence-electron chi connectivity index (χ3n) is 5.39. The number of thiazole rings is 1. The Hall–Kier alpha value is -3.94. The molecule has 1 atom stereocenters. The Morgan fingerprint density at radius 2 is 1.83 bits per heavy atom. The number of benzene rings is 2. The molecule has 5 rings (SSSR count). The molecule has 0 saturated carbocycles. The van der Waals surface area contributed by atoms with E-state index < -0.39 is 15.9 Å². The van der Waals surface area contributed by atoms with Crippen molar-refractivity contribution in [2.24, 2.45) is 5.14 Å². The Morgan fingerprint density at radius 1 is 1.09 bits per heavy atom. The minimum Gasteiger partial charge on any atom is -0.493 e. The number of methoxy groups -OCH3 is 2. The van der Waals surface area contributed by atoms with Crippen molar-refractivity contribution in [1.82, 2.24) is 15.0 Å². The number of primary sulfonamides is 1. The van der Waals surface area contributed by atoms with Crippen molar-refractivity contribution in [3.8, 4) is 23.3 Å². The smallest absolute Gasteiger partial charge is 0.258 e. The number of fused-ring (bicyclic) bond motifs is 2. The molecule has 13 heteroatoms. The minimum absolute atomic E-state index is 0.000849. The van der Waals surface area contributed by atoms with Gasteiger partial charge in [-0.15, -0.1) is 0 Å². The number of rotatable bonds is 6. The van der Waals surface area contributed by atoms with E-state index in [0.717, 1.165) is 5.56 Å². The van der Waals surface area contributed by atoms with E-state index in [1.165, 1.54) is 36.9 Å². The summed E-state index contributed by atoms with van der Waals surface area (Å²) in [7, 11) is -0.714. The maximum Gasteiger partial charge on any atom is 0.258 e. The molecule has 0 spiro atoms. The second-order valence-electron chi connectivity index (χ2n) is 7.48. The zero-order chi connectivity index (χ0) is 24.7. The first kappa shape index (κ1) is 22.8. The quantitative estimate of drug-likeness (QED) is 0.310. The summed E-state index contributed by atoms with van der Waals surface area (Å²) in [5, 5.41) is 8.78. The molecule has 11 nitrogen and oxygen atoms in total. The molecule has 1 unspecified atom stereocenters. The van der Waals surface area contributed by atoms with Crippen LogP contribution in [0.1, 0.15) is 21.9 Å². The number of anilines is 2.